The van der Waals surface area contributed by atoms with E-state index in [1.54, 1.807) is 27.7 Å². The number of carboxylic acids is 2. The van der Waals surface area contributed by atoms with E-state index in [9.17, 15) is 19.8 Å². The molecule has 0 radical (unpaired) electrons. The molecule has 0 saturated heterocycles. The van der Waals surface area contributed by atoms with Crippen LogP contribution < -0.4 is 10.2 Å². The van der Waals surface area contributed by atoms with Crippen molar-refractivity contribution in [1.29, 1.82) is 0 Å². The zero-order valence-corrected chi connectivity index (χ0v) is 19.2. The van der Waals surface area contributed by atoms with Crippen molar-refractivity contribution in [2.75, 3.05) is 0 Å². The predicted octanol–water partition coefficient (Wildman–Crippen LogP) is 2.80. The van der Waals surface area contributed by atoms with E-state index >= 15 is 0 Å². The van der Waals surface area contributed by atoms with E-state index < -0.39 is 22.8 Å². The third-order valence-corrected chi connectivity index (χ3v) is 5.50. The monoisotopic (exact) mass is 366 g/mol. The van der Waals surface area contributed by atoms with Crippen LogP contribution in [-0.2, 0) is 9.59 Å². The molecule has 144 valence electrons. The maximum atomic E-state index is 10.7. The summed E-state index contributed by atoms with van der Waals surface area (Å²) in [6.45, 7) is 15.1. The minimum absolute atomic E-state index is 0. The molecule has 0 heterocycles. The molecule has 0 saturated carbocycles. The molecule has 0 aliphatic heterocycles. The van der Waals surface area contributed by atoms with Crippen LogP contribution in [0.25, 0.3) is 0 Å². The molecule has 0 fully saturated rings. The third-order valence-electron chi connectivity index (χ3n) is 5.50. The Morgan fingerprint density at radius 1 is 0.760 bits per heavy atom. The minimum Gasteiger partial charge on any atom is -0.550 e. The number of carbonyl (C=O) groups is 2. The number of carbonyl (C=O) groups excluding carboxylic acids is 2. The molecule has 0 N–H and O–H groups in total. The molecule has 0 bridgehead atoms. The second-order valence-corrected chi connectivity index (χ2v) is 8.10. The van der Waals surface area contributed by atoms with Crippen molar-refractivity contribution in [3.8, 4) is 0 Å². The molecule has 0 rings (SSSR count). The van der Waals surface area contributed by atoms with Crippen LogP contribution in [0.1, 0.15) is 93.9 Å². The second-order valence-electron chi connectivity index (χ2n) is 8.10. The average molecular weight is 367 g/mol. The van der Waals surface area contributed by atoms with E-state index in [2.05, 4.69) is 13.8 Å². The molecule has 25 heavy (non-hydrogen) atoms. The Labute approximate surface area is 171 Å². The van der Waals surface area contributed by atoms with Gasteiger partial charge in [-0.2, -0.15) is 0 Å². The SMILES string of the molecule is CCCCC(C)C(C)(C)C(=O)[O-].CCCCC(C)C(C)(C)C(=O)[O-].[Mg+2]. The Morgan fingerprint density at radius 2 is 1.00 bits per heavy atom. The summed E-state index contributed by atoms with van der Waals surface area (Å²) in [7, 11) is 0. The van der Waals surface area contributed by atoms with Gasteiger partial charge in [-0.1, -0.05) is 81.1 Å². The fourth-order valence-corrected chi connectivity index (χ4v) is 2.14. The van der Waals surface area contributed by atoms with Gasteiger partial charge in [0.1, 0.15) is 0 Å². The molecular formula is C20H38MgO4. The number of unbranched alkanes of at least 4 members (excludes halogenated alkanes) is 2. The van der Waals surface area contributed by atoms with Gasteiger partial charge in [0.05, 0.1) is 0 Å². The summed E-state index contributed by atoms with van der Waals surface area (Å²) < 4.78 is 0. The maximum absolute atomic E-state index is 10.7. The van der Waals surface area contributed by atoms with Gasteiger partial charge >= 0.3 is 23.1 Å². The van der Waals surface area contributed by atoms with Gasteiger partial charge in [-0.3, -0.25) is 0 Å². The van der Waals surface area contributed by atoms with E-state index in [0.29, 0.717) is 0 Å². The van der Waals surface area contributed by atoms with Crippen LogP contribution in [0.2, 0.25) is 0 Å². The summed E-state index contributed by atoms with van der Waals surface area (Å²) in [5, 5.41) is 21.4. The van der Waals surface area contributed by atoms with Gasteiger partial charge in [0, 0.05) is 22.8 Å². The van der Waals surface area contributed by atoms with Crippen LogP contribution in [0, 0.1) is 22.7 Å². The first-order chi connectivity index (χ1) is 10.8. The molecule has 0 aliphatic rings. The van der Waals surface area contributed by atoms with Crippen LogP contribution >= 0.6 is 0 Å². The Hall–Kier alpha value is -0.294. The van der Waals surface area contributed by atoms with Crippen LogP contribution in [0.4, 0.5) is 0 Å². The van der Waals surface area contributed by atoms with Crippen molar-refractivity contribution in [3.05, 3.63) is 0 Å². The largest absolute Gasteiger partial charge is 2.00 e. The van der Waals surface area contributed by atoms with Crippen LogP contribution in [-0.4, -0.2) is 35.0 Å². The molecule has 0 amide bonds. The zero-order valence-electron chi connectivity index (χ0n) is 17.7. The summed E-state index contributed by atoms with van der Waals surface area (Å²) >= 11 is 0. The molecule has 0 spiro atoms. The van der Waals surface area contributed by atoms with Gasteiger partial charge in [0.15, 0.2) is 0 Å². The molecular weight excluding hydrogens is 329 g/mol. The van der Waals surface area contributed by atoms with Crippen LogP contribution in [0.15, 0.2) is 0 Å². The summed E-state index contributed by atoms with van der Waals surface area (Å²) in [5.41, 5.74) is -1.37. The van der Waals surface area contributed by atoms with Crippen LogP contribution in [0.5, 0.6) is 0 Å². The quantitative estimate of drug-likeness (QED) is 0.557. The Morgan fingerprint density at radius 3 is 1.16 bits per heavy atom. The fourth-order valence-electron chi connectivity index (χ4n) is 2.14. The third kappa shape index (κ3) is 11.1. The molecule has 0 aromatic carbocycles. The van der Waals surface area contributed by atoms with Crippen molar-refractivity contribution in [2.24, 2.45) is 22.7 Å². The standard InChI is InChI=1S/2C10H20O2.Mg/c2*1-5-6-7-8(2)10(3,4)9(11)12;/h2*8H,5-7H2,1-4H3,(H,11,12);/q;;+2/p-2. The van der Waals surface area contributed by atoms with Crippen LogP contribution in [0.3, 0.4) is 0 Å². The van der Waals surface area contributed by atoms with Crippen molar-refractivity contribution in [3.63, 3.8) is 0 Å². The number of hydrogen-bond donors (Lipinski definition) is 0. The summed E-state index contributed by atoms with van der Waals surface area (Å²) in [6, 6.07) is 0. The summed E-state index contributed by atoms with van der Waals surface area (Å²) in [6.07, 6.45) is 6.37. The Bertz CT molecular complexity index is 342. The van der Waals surface area contributed by atoms with Crippen molar-refractivity contribution in [1.82, 2.24) is 0 Å². The zero-order chi connectivity index (χ0) is 19.6. The Kier molecular flexibility index (Phi) is 16.3. The molecule has 0 aromatic rings. The number of aliphatic carboxylic acids is 2. The minimum atomic E-state index is -0.939. The van der Waals surface area contributed by atoms with Gasteiger partial charge in [0.2, 0.25) is 0 Å². The van der Waals surface area contributed by atoms with Gasteiger partial charge in [-0.25, -0.2) is 0 Å². The topological polar surface area (TPSA) is 80.3 Å². The normalized spacial score (nSPS) is 13.8. The first-order valence-corrected chi connectivity index (χ1v) is 9.28. The first kappa shape index (κ1) is 29.5. The Balaban J connectivity index is -0.000000372. The van der Waals surface area contributed by atoms with Gasteiger partial charge in [-0.05, 0) is 24.7 Å². The molecule has 2 atom stereocenters. The van der Waals surface area contributed by atoms with E-state index in [0.717, 1.165) is 38.5 Å². The first-order valence-electron chi connectivity index (χ1n) is 9.28. The van der Waals surface area contributed by atoms with Gasteiger partial charge < -0.3 is 19.8 Å². The van der Waals surface area contributed by atoms with E-state index in [4.69, 9.17) is 0 Å². The van der Waals surface area contributed by atoms with Crippen molar-refractivity contribution in [2.45, 2.75) is 93.9 Å². The smallest absolute Gasteiger partial charge is 0.550 e. The summed E-state index contributed by atoms with van der Waals surface area (Å²) in [4.78, 5) is 21.4. The van der Waals surface area contributed by atoms with E-state index in [1.165, 1.54) is 0 Å². The van der Waals surface area contributed by atoms with Crippen molar-refractivity contribution < 1.29 is 19.8 Å². The van der Waals surface area contributed by atoms with E-state index in [1.807, 2.05) is 13.8 Å². The molecule has 5 heteroatoms. The predicted molar refractivity (Wildman–Crippen MR) is 101 cm³/mol. The second kappa shape index (κ2) is 13.9. The number of carboxylic acid groups (broad SMARTS) is 2. The van der Waals surface area contributed by atoms with E-state index in [-0.39, 0.29) is 34.9 Å². The molecule has 4 nitrogen and oxygen atoms in total. The number of rotatable bonds is 10. The van der Waals surface area contributed by atoms with Gasteiger partial charge in [0.25, 0.3) is 0 Å². The number of hydrogen-bond acceptors (Lipinski definition) is 4. The molecule has 0 aliphatic carbocycles. The average Bonchev–Trinajstić information content (AvgIpc) is 2.50. The molecule has 0 aromatic heterocycles. The maximum Gasteiger partial charge on any atom is 2.00 e. The summed E-state index contributed by atoms with van der Waals surface area (Å²) in [5.74, 6) is -1.48. The fraction of sp³-hybridized carbons (Fsp3) is 0.900. The van der Waals surface area contributed by atoms with Gasteiger partial charge in [-0.15, -0.1) is 0 Å². The molecule has 2 unspecified atom stereocenters. The van der Waals surface area contributed by atoms with Crippen molar-refractivity contribution >= 4 is 35.0 Å².